The third kappa shape index (κ3) is 3.21. The summed E-state index contributed by atoms with van der Waals surface area (Å²) in [5.41, 5.74) is 0.891. The van der Waals surface area contributed by atoms with E-state index >= 15 is 0 Å². The van der Waals surface area contributed by atoms with Crippen molar-refractivity contribution in [1.82, 2.24) is 14.5 Å². The molecule has 1 aliphatic carbocycles. The Bertz CT molecular complexity index is 1730. The standard InChI is InChI=1S/C28H26ClN3O7/c1-12-8-15-21(14(10-20(33)30-15)13-6-7-16-17(9-13)32(3)27(36)31(16)2)25(34)28(12)26(35)22-18(37-4)11-19(38-5)23(29)24(22)39-28/h6-7,9,11-12,14H,8,10H2,1-5H3,(H,30,33). The Morgan fingerprint density at radius 3 is 2.36 bits per heavy atom. The maximum Gasteiger partial charge on any atom is 0.328 e. The van der Waals surface area contributed by atoms with Gasteiger partial charge in [0, 0.05) is 49.7 Å². The van der Waals surface area contributed by atoms with Crippen molar-refractivity contribution in [1.29, 1.82) is 0 Å². The van der Waals surface area contributed by atoms with Crippen LogP contribution in [-0.2, 0) is 23.7 Å². The summed E-state index contributed by atoms with van der Waals surface area (Å²) in [6.07, 6.45) is 0.229. The average molecular weight is 552 g/mol. The van der Waals surface area contributed by atoms with E-state index in [-0.39, 0.29) is 52.3 Å². The second kappa shape index (κ2) is 8.47. The van der Waals surface area contributed by atoms with E-state index in [9.17, 15) is 19.2 Å². The second-order valence-electron chi connectivity index (χ2n) is 10.2. The van der Waals surface area contributed by atoms with Crippen LogP contribution >= 0.6 is 11.6 Å². The average Bonchev–Trinajstić information content (AvgIpc) is 3.35. The molecule has 11 heteroatoms. The summed E-state index contributed by atoms with van der Waals surface area (Å²) < 4.78 is 20.1. The van der Waals surface area contributed by atoms with Gasteiger partial charge in [0.1, 0.15) is 22.1 Å². The molecule has 1 aromatic heterocycles. The van der Waals surface area contributed by atoms with Crippen LogP contribution in [0, 0.1) is 5.92 Å². The van der Waals surface area contributed by atoms with Crippen molar-refractivity contribution < 1.29 is 28.6 Å². The Morgan fingerprint density at radius 1 is 0.974 bits per heavy atom. The second-order valence-corrected chi connectivity index (χ2v) is 10.6. The molecule has 0 radical (unpaired) electrons. The molecule has 0 saturated carbocycles. The molecule has 0 saturated heterocycles. The zero-order chi connectivity index (χ0) is 28.0. The van der Waals surface area contributed by atoms with E-state index in [1.807, 2.05) is 12.1 Å². The molecule has 0 fully saturated rings. The first kappa shape index (κ1) is 25.2. The SMILES string of the molecule is COc1cc(OC)c2c(c1Cl)OC1(C(=O)C3=C(CC1C)NC(=O)CC3c1ccc3c(c1)n(C)c(=O)n3C)C2=O. The molecular weight excluding hydrogens is 526 g/mol. The number of hydrogen-bond acceptors (Lipinski definition) is 7. The number of benzene rings is 2. The molecule has 3 aromatic rings. The fraction of sp³-hybridized carbons (Fsp3) is 0.357. The summed E-state index contributed by atoms with van der Waals surface area (Å²) >= 11 is 6.54. The number of amides is 1. The Hall–Kier alpha value is -4.05. The quantitative estimate of drug-likeness (QED) is 0.497. The van der Waals surface area contributed by atoms with E-state index < -0.39 is 29.0 Å². The smallest absolute Gasteiger partial charge is 0.328 e. The number of allylic oxidation sites excluding steroid dienone is 1. The zero-order valence-corrected chi connectivity index (χ0v) is 22.8. The lowest BCUT2D eigenvalue weighted by Crippen LogP contribution is -2.59. The van der Waals surface area contributed by atoms with Crippen molar-refractivity contribution in [3.63, 3.8) is 0 Å². The molecule has 6 rings (SSSR count). The number of fused-ring (bicyclic) bond motifs is 2. The molecule has 202 valence electrons. The van der Waals surface area contributed by atoms with Gasteiger partial charge in [-0.05, 0) is 24.1 Å². The van der Waals surface area contributed by atoms with E-state index in [1.165, 1.54) is 29.4 Å². The number of rotatable bonds is 3. The lowest BCUT2D eigenvalue weighted by atomic mass is 9.66. The van der Waals surface area contributed by atoms with Crippen LogP contribution in [-0.4, -0.2) is 46.4 Å². The van der Waals surface area contributed by atoms with Gasteiger partial charge in [0.25, 0.3) is 0 Å². The van der Waals surface area contributed by atoms with Crippen molar-refractivity contribution in [3.8, 4) is 17.2 Å². The summed E-state index contributed by atoms with van der Waals surface area (Å²) in [6, 6.07) is 6.92. The number of hydrogen-bond donors (Lipinski definition) is 1. The van der Waals surface area contributed by atoms with Gasteiger partial charge in [-0.3, -0.25) is 23.5 Å². The van der Waals surface area contributed by atoms with E-state index in [1.54, 1.807) is 27.1 Å². The third-order valence-electron chi connectivity index (χ3n) is 8.26. The van der Waals surface area contributed by atoms with Gasteiger partial charge in [-0.25, -0.2) is 4.79 Å². The number of carbonyl (C=O) groups excluding carboxylic acids is 3. The van der Waals surface area contributed by atoms with Crippen LogP contribution < -0.4 is 25.2 Å². The maximum atomic E-state index is 14.5. The number of aromatic nitrogens is 2. The number of aryl methyl sites for hydroxylation is 2. The van der Waals surface area contributed by atoms with Crippen molar-refractivity contribution >= 4 is 40.1 Å². The van der Waals surface area contributed by atoms with E-state index in [0.29, 0.717) is 22.4 Å². The van der Waals surface area contributed by atoms with Gasteiger partial charge < -0.3 is 19.5 Å². The topological polar surface area (TPSA) is 118 Å². The number of ketones is 2. The minimum atomic E-state index is -1.88. The van der Waals surface area contributed by atoms with Crippen LogP contribution in [0.5, 0.6) is 17.2 Å². The number of halogens is 1. The van der Waals surface area contributed by atoms with Gasteiger partial charge in [-0.2, -0.15) is 0 Å². The first-order valence-electron chi connectivity index (χ1n) is 12.5. The first-order valence-corrected chi connectivity index (χ1v) is 12.8. The van der Waals surface area contributed by atoms with Crippen LogP contribution in [0.2, 0.25) is 5.02 Å². The number of nitrogens with zero attached hydrogens (tertiary/aromatic N) is 2. The van der Waals surface area contributed by atoms with Crippen molar-refractivity contribution in [2.24, 2.45) is 20.0 Å². The highest BCUT2D eigenvalue weighted by atomic mass is 35.5. The lowest BCUT2D eigenvalue weighted by Gasteiger charge is -2.41. The molecule has 3 unspecified atom stereocenters. The predicted molar refractivity (Wildman–Crippen MR) is 142 cm³/mol. The van der Waals surface area contributed by atoms with Crippen molar-refractivity contribution in [3.05, 3.63) is 62.2 Å². The number of methoxy groups -OCH3 is 2. The molecule has 3 aliphatic rings. The highest BCUT2D eigenvalue weighted by Gasteiger charge is 2.63. The summed E-state index contributed by atoms with van der Waals surface area (Å²) in [5, 5.41) is 2.93. The fourth-order valence-electron chi connectivity index (χ4n) is 6.21. The molecule has 39 heavy (non-hydrogen) atoms. The molecule has 0 bridgehead atoms. The van der Waals surface area contributed by atoms with Gasteiger partial charge >= 0.3 is 5.69 Å². The zero-order valence-electron chi connectivity index (χ0n) is 22.0. The third-order valence-corrected chi connectivity index (χ3v) is 8.61. The van der Waals surface area contributed by atoms with Gasteiger partial charge in [0.05, 0.1) is 25.3 Å². The van der Waals surface area contributed by atoms with Crippen LogP contribution in [0.4, 0.5) is 0 Å². The molecule has 3 heterocycles. The van der Waals surface area contributed by atoms with Gasteiger partial charge in [0.15, 0.2) is 5.75 Å². The molecular formula is C28H26ClN3O7. The molecule has 1 N–H and O–H groups in total. The van der Waals surface area contributed by atoms with E-state index in [2.05, 4.69) is 5.32 Å². The largest absolute Gasteiger partial charge is 0.496 e. The normalized spacial score (nSPS) is 24.1. The Kier molecular flexibility index (Phi) is 5.48. The number of nitrogens with one attached hydrogen (secondary N) is 1. The number of imidazole rings is 1. The number of Topliss-reactive ketones (excluding diaryl/α,β-unsaturated/α-hetero) is 2. The summed E-state index contributed by atoms with van der Waals surface area (Å²) in [7, 11) is 6.19. The van der Waals surface area contributed by atoms with E-state index in [4.69, 9.17) is 25.8 Å². The molecule has 3 atom stereocenters. The van der Waals surface area contributed by atoms with Crippen molar-refractivity contribution in [2.45, 2.75) is 31.3 Å². The van der Waals surface area contributed by atoms with Crippen LogP contribution in [0.15, 0.2) is 40.3 Å². The molecule has 2 aromatic carbocycles. The molecule has 1 spiro atoms. The van der Waals surface area contributed by atoms with Crippen LogP contribution in [0.1, 0.15) is 41.6 Å². The maximum absolute atomic E-state index is 14.5. The summed E-state index contributed by atoms with van der Waals surface area (Å²) in [6.45, 7) is 1.74. The van der Waals surface area contributed by atoms with E-state index in [0.717, 1.165) is 5.52 Å². The van der Waals surface area contributed by atoms with Gasteiger partial charge in [0.2, 0.25) is 23.1 Å². The first-order chi connectivity index (χ1) is 18.5. The highest BCUT2D eigenvalue weighted by molar-refractivity contribution is 6.36. The minimum Gasteiger partial charge on any atom is -0.496 e. The fourth-order valence-corrected chi connectivity index (χ4v) is 6.48. The predicted octanol–water partition coefficient (Wildman–Crippen LogP) is 3.03. The Morgan fingerprint density at radius 2 is 1.67 bits per heavy atom. The Labute approximate surface area is 228 Å². The number of carbonyl (C=O) groups is 3. The van der Waals surface area contributed by atoms with Crippen LogP contribution in [0.25, 0.3) is 11.0 Å². The molecule has 1 amide bonds. The minimum absolute atomic E-state index is 0.000357. The Balaban J connectivity index is 1.51. The summed E-state index contributed by atoms with van der Waals surface area (Å²) in [5.74, 6) is -2.08. The van der Waals surface area contributed by atoms with Crippen molar-refractivity contribution in [2.75, 3.05) is 14.2 Å². The summed E-state index contributed by atoms with van der Waals surface area (Å²) in [4.78, 5) is 53.9. The highest BCUT2D eigenvalue weighted by Crippen LogP contribution is 2.55. The van der Waals surface area contributed by atoms with Crippen LogP contribution in [0.3, 0.4) is 0 Å². The molecule has 10 nitrogen and oxygen atoms in total. The lowest BCUT2D eigenvalue weighted by molar-refractivity contribution is -0.131. The van der Waals surface area contributed by atoms with Gasteiger partial charge in [-0.1, -0.05) is 24.6 Å². The van der Waals surface area contributed by atoms with Gasteiger partial charge in [-0.15, -0.1) is 0 Å². The monoisotopic (exact) mass is 551 g/mol. The number of ether oxygens (including phenoxy) is 3. The molecule has 2 aliphatic heterocycles.